The Kier molecular flexibility index (Phi) is 6.50. The van der Waals surface area contributed by atoms with Crippen LogP contribution in [0.15, 0.2) is 142 Å². The highest BCUT2D eigenvalue weighted by Crippen LogP contribution is 2.60. The number of hydrogen-bond acceptors (Lipinski definition) is 1. The van der Waals surface area contributed by atoms with Crippen molar-refractivity contribution in [3.8, 4) is 0 Å². The van der Waals surface area contributed by atoms with Gasteiger partial charge < -0.3 is 0 Å². The molecule has 0 saturated heterocycles. The van der Waals surface area contributed by atoms with E-state index in [2.05, 4.69) is 79.0 Å². The second-order valence-electron chi connectivity index (χ2n) is 8.81. The average Bonchev–Trinajstić information content (AvgIpc) is 2.95. The van der Waals surface area contributed by atoms with E-state index in [1.165, 1.54) is 0 Å². The maximum absolute atomic E-state index is 15.7. The van der Waals surface area contributed by atoms with Crippen LogP contribution in [-0.2, 0) is 4.57 Å². The zero-order chi connectivity index (χ0) is 25.4. The minimum atomic E-state index is -3.33. The summed E-state index contributed by atoms with van der Waals surface area (Å²) in [5, 5.41) is 1.64. The summed E-state index contributed by atoms with van der Waals surface area (Å²) in [7, 11) is -3.33. The van der Waals surface area contributed by atoms with Gasteiger partial charge in [0.2, 0.25) is 7.29 Å². The molecule has 0 fully saturated rings. The summed E-state index contributed by atoms with van der Waals surface area (Å²) >= 11 is 7.18. The highest BCUT2D eigenvalue weighted by Gasteiger charge is 2.44. The molecule has 1 atom stereocenters. The molecule has 1 aliphatic rings. The molecule has 0 N–H and O–H groups in total. The number of hydrogen-bond donors (Lipinski definition) is 0. The fourth-order valence-electron chi connectivity index (χ4n) is 4.96. The van der Waals surface area contributed by atoms with Gasteiger partial charge in [0.1, 0.15) is 0 Å². The van der Waals surface area contributed by atoms with Crippen molar-refractivity contribution < 1.29 is 4.57 Å². The van der Waals surface area contributed by atoms with E-state index < -0.39 is 7.29 Å². The van der Waals surface area contributed by atoms with Gasteiger partial charge in [-0.2, -0.15) is 0 Å². The maximum atomic E-state index is 15.7. The second-order valence-corrected chi connectivity index (χ2v) is 13.2. The molecule has 180 valence electrons. The lowest BCUT2D eigenvalue weighted by Gasteiger charge is -2.42. The van der Waals surface area contributed by atoms with Gasteiger partial charge in [0, 0.05) is 30.8 Å². The first kappa shape index (κ1) is 24.2. The SMILES string of the molecule is O=P1(c2ccccc2)c2ccccc2C(c2ccc(Br)cc2)=C(c2ccc(Br)cc2)N1c1ccccc1. The number of para-hydroxylation sites is 1. The normalized spacial score (nSPS) is 17.0. The Morgan fingerprint density at radius 3 is 1.68 bits per heavy atom. The summed E-state index contributed by atoms with van der Waals surface area (Å²) < 4.78 is 19.8. The molecule has 2 nitrogen and oxygen atoms in total. The summed E-state index contributed by atoms with van der Waals surface area (Å²) in [6.45, 7) is 0. The van der Waals surface area contributed by atoms with Crippen LogP contribution >= 0.6 is 39.2 Å². The fourth-order valence-corrected chi connectivity index (χ4v) is 8.55. The number of halogens is 2. The first-order valence-electron chi connectivity index (χ1n) is 11.9. The van der Waals surface area contributed by atoms with E-state index in [1.54, 1.807) is 0 Å². The van der Waals surface area contributed by atoms with Gasteiger partial charge in [-0.3, -0.25) is 9.24 Å². The molecule has 0 amide bonds. The Morgan fingerprint density at radius 2 is 1.05 bits per heavy atom. The molecule has 0 aromatic heterocycles. The number of rotatable bonds is 4. The third-order valence-electron chi connectivity index (χ3n) is 6.59. The van der Waals surface area contributed by atoms with Crippen LogP contribution in [-0.4, -0.2) is 0 Å². The lowest BCUT2D eigenvalue weighted by atomic mass is 9.92. The first-order chi connectivity index (χ1) is 18.1. The Bertz CT molecular complexity index is 1650. The van der Waals surface area contributed by atoms with E-state index in [0.717, 1.165) is 53.2 Å². The summed E-state index contributed by atoms with van der Waals surface area (Å²) in [6, 6.07) is 44.7. The summed E-state index contributed by atoms with van der Waals surface area (Å²) in [6.07, 6.45) is 0. The van der Waals surface area contributed by atoms with Crippen LogP contribution in [0.5, 0.6) is 0 Å². The minimum absolute atomic E-state index is 0.802. The van der Waals surface area contributed by atoms with Crippen LogP contribution in [0.3, 0.4) is 0 Å². The molecule has 6 rings (SSSR count). The quantitative estimate of drug-likeness (QED) is 0.186. The van der Waals surface area contributed by atoms with Crippen molar-refractivity contribution in [2.75, 3.05) is 4.67 Å². The monoisotopic (exact) mass is 625 g/mol. The Balaban J connectivity index is 1.80. The lowest BCUT2D eigenvalue weighted by molar-refractivity contribution is 0.587. The van der Waals surface area contributed by atoms with Crippen molar-refractivity contribution in [1.29, 1.82) is 0 Å². The average molecular weight is 627 g/mol. The van der Waals surface area contributed by atoms with Crippen LogP contribution in [0.4, 0.5) is 5.69 Å². The zero-order valence-corrected chi connectivity index (χ0v) is 23.8. The van der Waals surface area contributed by atoms with Crippen molar-refractivity contribution in [1.82, 2.24) is 0 Å². The van der Waals surface area contributed by atoms with Crippen LogP contribution in [0.2, 0.25) is 0 Å². The van der Waals surface area contributed by atoms with Gasteiger partial charge in [0.25, 0.3) is 0 Å². The number of nitrogens with zero attached hydrogens (tertiary/aromatic N) is 1. The van der Waals surface area contributed by atoms with Gasteiger partial charge in [0.15, 0.2) is 0 Å². The van der Waals surface area contributed by atoms with Gasteiger partial charge in [-0.25, -0.2) is 0 Å². The molecule has 0 saturated carbocycles. The van der Waals surface area contributed by atoms with Gasteiger partial charge in [0.05, 0.1) is 5.70 Å². The highest BCUT2D eigenvalue weighted by atomic mass is 79.9. The molecule has 0 bridgehead atoms. The molecule has 1 heterocycles. The van der Waals surface area contributed by atoms with Crippen molar-refractivity contribution in [2.45, 2.75) is 0 Å². The minimum Gasteiger partial charge on any atom is -0.289 e. The Labute approximate surface area is 234 Å². The van der Waals surface area contributed by atoms with Crippen LogP contribution in [0.25, 0.3) is 11.3 Å². The highest BCUT2D eigenvalue weighted by molar-refractivity contribution is 9.10. The van der Waals surface area contributed by atoms with Gasteiger partial charge >= 0.3 is 0 Å². The van der Waals surface area contributed by atoms with E-state index in [9.17, 15) is 0 Å². The summed E-state index contributed by atoms with van der Waals surface area (Å²) in [5.74, 6) is 0. The molecule has 5 aromatic rings. The van der Waals surface area contributed by atoms with Crippen molar-refractivity contribution in [3.05, 3.63) is 159 Å². The van der Waals surface area contributed by atoms with Crippen molar-refractivity contribution in [3.63, 3.8) is 0 Å². The standard InChI is InChI=1S/C32H22Br2NOP/c33-25-19-15-23(16-20-25)31-29-13-7-8-14-30(29)37(36,28-11-5-2-6-12-28)35(27-9-3-1-4-10-27)32(31)24-17-21-26(34)22-18-24/h1-22H. The molecule has 5 aromatic carbocycles. The predicted molar refractivity (Wildman–Crippen MR) is 163 cm³/mol. The molecular formula is C32H22Br2NOP. The van der Waals surface area contributed by atoms with Crippen molar-refractivity contribution in [2.24, 2.45) is 0 Å². The second kappa shape index (κ2) is 9.95. The van der Waals surface area contributed by atoms with Crippen molar-refractivity contribution >= 4 is 66.7 Å². The molecular weight excluding hydrogens is 605 g/mol. The summed E-state index contributed by atoms with van der Waals surface area (Å²) in [4.78, 5) is 0. The lowest BCUT2D eigenvalue weighted by Crippen LogP contribution is -2.37. The molecule has 0 aliphatic carbocycles. The largest absolute Gasteiger partial charge is 0.289 e. The van der Waals surface area contributed by atoms with Crippen LogP contribution < -0.4 is 15.3 Å². The first-order valence-corrected chi connectivity index (χ1v) is 15.2. The van der Waals surface area contributed by atoms with Gasteiger partial charge in [-0.1, -0.05) is 111 Å². The molecule has 0 spiro atoms. The summed E-state index contributed by atoms with van der Waals surface area (Å²) in [5.41, 5.74) is 5.91. The van der Waals surface area contributed by atoms with E-state index >= 15 is 4.57 Å². The Hall–Kier alpha value is -3.17. The van der Waals surface area contributed by atoms with E-state index in [0.29, 0.717) is 0 Å². The molecule has 37 heavy (non-hydrogen) atoms. The zero-order valence-electron chi connectivity index (χ0n) is 19.8. The van der Waals surface area contributed by atoms with E-state index in [-0.39, 0.29) is 0 Å². The molecule has 1 aliphatic heterocycles. The van der Waals surface area contributed by atoms with E-state index in [4.69, 9.17) is 0 Å². The number of fused-ring (bicyclic) bond motifs is 1. The predicted octanol–water partition coefficient (Wildman–Crippen LogP) is 8.88. The third kappa shape index (κ3) is 4.24. The molecule has 5 heteroatoms. The number of benzene rings is 5. The fraction of sp³-hybridized carbons (Fsp3) is 0. The third-order valence-corrected chi connectivity index (χ3v) is 10.7. The van der Waals surface area contributed by atoms with Gasteiger partial charge in [-0.05, 0) is 71.3 Å². The van der Waals surface area contributed by atoms with Crippen LogP contribution in [0, 0.1) is 0 Å². The maximum Gasteiger partial charge on any atom is 0.234 e. The smallest absolute Gasteiger partial charge is 0.234 e. The van der Waals surface area contributed by atoms with E-state index in [1.807, 2.05) is 91.0 Å². The van der Waals surface area contributed by atoms with Gasteiger partial charge in [-0.15, -0.1) is 0 Å². The molecule has 1 unspecified atom stereocenters. The van der Waals surface area contributed by atoms with Crippen LogP contribution in [0.1, 0.15) is 16.7 Å². The number of anilines is 1. The Morgan fingerprint density at radius 1 is 0.541 bits per heavy atom. The topological polar surface area (TPSA) is 20.3 Å². The molecule has 0 radical (unpaired) electrons.